The maximum absolute atomic E-state index is 12.4. The van der Waals surface area contributed by atoms with Gasteiger partial charge in [-0.1, -0.05) is 36.4 Å². The van der Waals surface area contributed by atoms with Crippen LogP contribution in [0.2, 0.25) is 0 Å². The number of rotatable bonds is 2. The standard InChI is InChI=1S/C16H9F3O3/c17-16(18,19)8-22-15(21)12-7-3-6-10-9-4-1-2-5-11(9)14(20)13(10)12/h1-7H,8H2. The van der Waals surface area contributed by atoms with Crippen LogP contribution < -0.4 is 0 Å². The highest BCUT2D eigenvalue weighted by atomic mass is 19.4. The molecule has 22 heavy (non-hydrogen) atoms. The third-order valence-corrected chi connectivity index (χ3v) is 3.34. The maximum atomic E-state index is 12.4. The second-order valence-corrected chi connectivity index (χ2v) is 4.79. The van der Waals surface area contributed by atoms with Crippen molar-refractivity contribution in [2.24, 2.45) is 0 Å². The molecular weight excluding hydrogens is 297 g/mol. The Kier molecular flexibility index (Phi) is 3.24. The fourth-order valence-electron chi connectivity index (χ4n) is 2.47. The van der Waals surface area contributed by atoms with Gasteiger partial charge in [0, 0.05) is 11.1 Å². The fourth-order valence-corrected chi connectivity index (χ4v) is 2.47. The number of alkyl halides is 3. The van der Waals surface area contributed by atoms with Gasteiger partial charge in [0.2, 0.25) is 0 Å². The Morgan fingerprint density at radius 1 is 0.955 bits per heavy atom. The lowest BCUT2D eigenvalue weighted by molar-refractivity contribution is -0.161. The first-order valence-electron chi connectivity index (χ1n) is 6.39. The highest BCUT2D eigenvalue weighted by Gasteiger charge is 2.33. The molecule has 0 aliphatic heterocycles. The first-order valence-corrected chi connectivity index (χ1v) is 6.39. The number of hydrogen-bond acceptors (Lipinski definition) is 3. The van der Waals surface area contributed by atoms with E-state index in [1.807, 2.05) is 0 Å². The van der Waals surface area contributed by atoms with Gasteiger partial charge in [0.15, 0.2) is 12.4 Å². The minimum atomic E-state index is -4.61. The number of halogens is 3. The van der Waals surface area contributed by atoms with Crippen LogP contribution in [-0.4, -0.2) is 24.5 Å². The zero-order chi connectivity index (χ0) is 15.9. The molecule has 0 bridgehead atoms. The molecular formula is C16H9F3O3. The first kappa shape index (κ1) is 14.3. The van der Waals surface area contributed by atoms with Crippen LogP contribution in [-0.2, 0) is 4.74 Å². The number of ether oxygens (including phenoxy) is 1. The molecule has 0 aromatic heterocycles. The van der Waals surface area contributed by atoms with Gasteiger partial charge in [-0.2, -0.15) is 13.2 Å². The molecule has 0 fully saturated rings. The van der Waals surface area contributed by atoms with E-state index in [4.69, 9.17) is 0 Å². The molecule has 3 rings (SSSR count). The molecule has 0 radical (unpaired) electrons. The van der Waals surface area contributed by atoms with Crippen molar-refractivity contribution in [3.63, 3.8) is 0 Å². The molecule has 1 aliphatic carbocycles. The summed E-state index contributed by atoms with van der Waals surface area (Å²) in [5.41, 5.74) is 1.56. The minimum absolute atomic E-state index is 0.0934. The van der Waals surface area contributed by atoms with Crippen molar-refractivity contribution in [3.8, 4) is 11.1 Å². The van der Waals surface area contributed by atoms with E-state index < -0.39 is 18.8 Å². The number of carbonyl (C=O) groups is 2. The highest BCUT2D eigenvalue weighted by Crippen LogP contribution is 2.38. The van der Waals surface area contributed by atoms with Crippen molar-refractivity contribution >= 4 is 11.8 Å². The zero-order valence-electron chi connectivity index (χ0n) is 11.1. The van der Waals surface area contributed by atoms with Crippen molar-refractivity contribution in [2.45, 2.75) is 6.18 Å². The van der Waals surface area contributed by atoms with E-state index in [0.29, 0.717) is 16.7 Å². The summed E-state index contributed by atoms with van der Waals surface area (Å²) in [4.78, 5) is 24.3. The molecule has 0 amide bonds. The van der Waals surface area contributed by atoms with Crippen LogP contribution in [0.4, 0.5) is 13.2 Å². The van der Waals surface area contributed by atoms with Gasteiger partial charge in [-0.15, -0.1) is 0 Å². The quantitative estimate of drug-likeness (QED) is 0.679. The molecule has 3 nitrogen and oxygen atoms in total. The maximum Gasteiger partial charge on any atom is 0.422 e. The number of fused-ring (bicyclic) bond motifs is 3. The topological polar surface area (TPSA) is 43.4 Å². The average Bonchev–Trinajstić information content (AvgIpc) is 2.78. The Bertz CT molecular complexity index is 778. The van der Waals surface area contributed by atoms with Crippen molar-refractivity contribution in [3.05, 3.63) is 59.2 Å². The van der Waals surface area contributed by atoms with E-state index in [9.17, 15) is 22.8 Å². The van der Waals surface area contributed by atoms with Crippen molar-refractivity contribution < 1.29 is 27.5 Å². The molecule has 6 heteroatoms. The molecule has 2 aromatic rings. The highest BCUT2D eigenvalue weighted by molar-refractivity contribution is 6.25. The third-order valence-electron chi connectivity index (χ3n) is 3.34. The van der Waals surface area contributed by atoms with Crippen LogP contribution in [0, 0.1) is 0 Å². The van der Waals surface area contributed by atoms with E-state index in [0.717, 1.165) is 0 Å². The summed E-state index contributed by atoms with van der Waals surface area (Å²) in [6.45, 7) is -1.68. The number of ketones is 1. The second kappa shape index (κ2) is 4.98. The van der Waals surface area contributed by atoms with E-state index >= 15 is 0 Å². The van der Waals surface area contributed by atoms with Gasteiger partial charge in [0.1, 0.15) is 0 Å². The lowest BCUT2D eigenvalue weighted by Crippen LogP contribution is -2.21. The van der Waals surface area contributed by atoms with Crippen LogP contribution in [0.3, 0.4) is 0 Å². The molecule has 2 aromatic carbocycles. The lowest BCUT2D eigenvalue weighted by atomic mass is 10.0. The van der Waals surface area contributed by atoms with Gasteiger partial charge in [0.05, 0.1) is 5.56 Å². The van der Waals surface area contributed by atoms with Gasteiger partial charge in [-0.05, 0) is 17.2 Å². The number of carbonyl (C=O) groups excluding carboxylic acids is 2. The Balaban J connectivity index is 2.01. The first-order chi connectivity index (χ1) is 10.4. The summed E-state index contributed by atoms with van der Waals surface area (Å²) < 4.78 is 40.7. The molecule has 1 aliphatic rings. The minimum Gasteiger partial charge on any atom is -0.452 e. The molecule has 0 saturated heterocycles. The normalized spacial score (nSPS) is 12.8. The van der Waals surface area contributed by atoms with E-state index in [1.165, 1.54) is 12.1 Å². The van der Waals surface area contributed by atoms with Crippen molar-refractivity contribution in [2.75, 3.05) is 6.61 Å². The summed E-state index contributed by atoms with van der Waals surface area (Å²) in [5, 5.41) is 0. The molecule has 0 atom stereocenters. The van der Waals surface area contributed by atoms with Crippen LogP contribution in [0.25, 0.3) is 11.1 Å². The Hall–Kier alpha value is -2.63. The van der Waals surface area contributed by atoms with Gasteiger partial charge in [-0.3, -0.25) is 4.79 Å². The predicted molar refractivity (Wildman–Crippen MR) is 71.6 cm³/mol. The Labute approximate surface area is 123 Å². The van der Waals surface area contributed by atoms with E-state index in [1.54, 1.807) is 30.3 Å². The smallest absolute Gasteiger partial charge is 0.422 e. The predicted octanol–water partition coefficient (Wildman–Crippen LogP) is 3.62. The molecule has 112 valence electrons. The fraction of sp³-hybridized carbons (Fsp3) is 0.125. The largest absolute Gasteiger partial charge is 0.452 e. The molecule has 0 saturated carbocycles. The van der Waals surface area contributed by atoms with E-state index in [2.05, 4.69) is 4.74 Å². The van der Waals surface area contributed by atoms with Gasteiger partial charge < -0.3 is 4.74 Å². The van der Waals surface area contributed by atoms with Crippen molar-refractivity contribution in [1.29, 1.82) is 0 Å². The van der Waals surface area contributed by atoms with Crippen LogP contribution in [0.5, 0.6) is 0 Å². The van der Waals surface area contributed by atoms with Crippen LogP contribution >= 0.6 is 0 Å². The van der Waals surface area contributed by atoms with Gasteiger partial charge >= 0.3 is 12.1 Å². The summed E-state index contributed by atoms with van der Waals surface area (Å²) in [5.74, 6) is -1.54. The third kappa shape index (κ3) is 2.36. The van der Waals surface area contributed by atoms with Crippen LogP contribution in [0.15, 0.2) is 42.5 Å². The number of benzene rings is 2. The zero-order valence-corrected chi connectivity index (χ0v) is 11.1. The monoisotopic (exact) mass is 306 g/mol. The molecule has 0 heterocycles. The summed E-state index contributed by atoms with van der Waals surface area (Å²) in [6.07, 6.45) is -4.61. The van der Waals surface area contributed by atoms with E-state index in [-0.39, 0.29) is 16.9 Å². The molecule has 0 spiro atoms. The summed E-state index contributed by atoms with van der Waals surface area (Å²) in [7, 11) is 0. The second-order valence-electron chi connectivity index (χ2n) is 4.79. The summed E-state index contributed by atoms with van der Waals surface area (Å²) in [6, 6.07) is 11.2. The Morgan fingerprint density at radius 2 is 1.59 bits per heavy atom. The average molecular weight is 306 g/mol. The Morgan fingerprint density at radius 3 is 2.27 bits per heavy atom. The molecule has 0 N–H and O–H groups in total. The van der Waals surface area contributed by atoms with Gasteiger partial charge in [0.25, 0.3) is 0 Å². The van der Waals surface area contributed by atoms with Crippen molar-refractivity contribution in [1.82, 2.24) is 0 Å². The molecule has 0 unspecified atom stereocenters. The van der Waals surface area contributed by atoms with Gasteiger partial charge in [-0.25, -0.2) is 4.79 Å². The SMILES string of the molecule is O=C(OCC(F)(F)F)c1cccc2c1C(=O)c1ccccc1-2. The number of esters is 1. The lowest BCUT2D eigenvalue weighted by Gasteiger charge is -2.10. The summed E-state index contributed by atoms with van der Waals surface area (Å²) >= 11 is 0. The van der Waals surface area contributed by atoms with Crippen LogP contribution in [0.1, 0.15) is 26.3 Å². The number of hydrogen-bond donors (Lipinski definition) is 0.